The first kappa shape index (κ1) is 25.7. The fourth-order valence-electron chi connectivity index (χ4n) is 3.16. The zero-order valence-corrected chi connectivity index (χ0v) is 18.3. The van der Waals surface area contributed by atoms with Gasteiger partial charge in [-0.2, -0.15) is 13.2 Å². The van der Waals surface area contributed by atoms with Gasteiger partial charge >= 0.3 is 30.1 Å². The molecule has 0 unspecified atom stereocenters. The van der Waals surface area contributed by atoms with Crippen molar-refractivity contribution < 1.29 is 51.3 Å². The molecular formula is C21H16ClF3O8. The minimum absolute atomic E-state index is 0.152. The number of esters is 4. The fraction of sp³-hybridized carbons (Fsp3) is 0.238. The Balaban J connectivity index is 3.41. The molecule has 0 aliphatic carbocycles. The largest absolute Gasteiger partial charge is 0.465 e. The quantitative estimate of drug-likeness (QED) is 0.456. The van der Waals surface area contributed by atoms with Gasteiger partial charge in [-0.3, -0.25) is 0 Å². The van der Waals surface area contributed by atoms with Gasteiger partial charge in [-0.15, -0.1) is 0 Å². The van der Waals surface area contributed by atoms with Crippen molar-refractivity contribution in [3.05, 3.63) is 57.1 Å². The molecule has 2 rings (SSSR count). The number of methoxy groups -OCH3 is 4. The van der Waals surface area contributed by atoms with Crippen molar-refractivity contribution in [1.29, 1.82) is 0 Å². The van der Waals surface area contributed by atoms with E-state index in [1.165, 1.54) is 12.1 Å². The Morgan fingerprint density at radius 3 is 1.42 bits per heavy atom. The zero-order valence-electron chi connectivity index (χ0n) is 17.6. The van der Waals surface area contributed by atoms with E-state index in [1.807, 2.05) is 0 Å². The van der Waals surface area contributed by atoms with Crippen LogP contribution in [0.15, 0.2) is 24.3 Å². The molecule has 2 aromatic carbocycles. The zero-order chi connectivity index (χ0) is 25.1. The van der Waals surface area contributed by atoms with E-state index in [4.69, 9.17) is 11.6 Å². The lowest BCUT2D eigenvalue weighted by atomic mass is 9.82. The predicted octanol–water partition coefficient (Wildman–Crippen LogP) is 4.17. The molecule has 0 fully saturated rings. The van der Waals surface area contributed by atoms with Crippen molar-refractivity contribution in [3.8, 4) is 11.1 Å². The van der Waals surface area contributed by atoms with E-state index in [1.54, 1.807) is 0 Å². The molecule has 0 aromatic heterocycles. The lowest BCUT2D eigenvalue weighted by Gasteiger charge is -2.24. The Labute approximate surface area is 190 Å². The van der Waals surface area contributed by atoms with Gasteiger partial charge in [0.05, 0.1) is 56.3 Å². The molecule has 0 amide bonds. The second kappa shape index (κ2) is 9.90. The van der Waals surface area contributed by atoms with Gasteiger partial charge in [0.25, 0.3) is 0 Å². The molecule has 8 nitrogen and oxygen atoms in total. The molecule has 2 aromatic rings. The van der Waals surface area contributed by atoms with Gasteiger partial charge in [0.2, 0.25) is 0 Å². The number of alkyl halides is 3. The SMILES string of the molecule is COC(=O)c1c(C(=O)OC)c(C(=O)OC)c(C(F)(F)F)c(-c2ccc(Cl)cc2)c1C(=O)OC. The van der Waals surface area contributed by atoms with E-state index in [2.05, 4.69) is 18.9 Å². The summed E-state index contributed by atoms with van der Waals surface area (Å²) >= 11 is 5.83. The van der Waals surface area contributed by atoms with Crippen molar-refractivity contribution in [2.75, 3.05) is 28.4 Å². The number of ether oxygens (including phenoxy) is 4. The molecule has 0 heterocycles. The van der Waals surface area contributed by atoms with Crippen LogP contribution in [0.4, 0.5) is 13.2 Å². The monoisotopic (exact) mass is 488 g/mol. The normalized spacial score (nSPS) is 10.9. The third kappa shape index (κ3) is 4.77. The third-order valence-corrected chi connectivity index (χ3v) is 4.73. The standard InChI is InChI=1S/C21H16ClF3O8/c1-30-17(26)12-11(9-5-7-10(22)8-6-9)16(21(23,24)25)15(20(29)33-4)14(19(28)32-3)13(12)18(27)31-2/h5-8H,1-4H3. The minimum atomic E-state index is -5.32. The number of carbonyl (C=O) groups excluding carboxylic acids is 4. The van der Waals surface area contributed by atoms with Crippen LogP contribution in [0.25, 0.3) is 11.1 Å². The van der Waals surface area contributed by atoms with Crippen molar-refractivity contribution >= 4 is 35.5 Å². The number of benzene rings is 2. The highest BCUT2D eigenvalue weighted by Gasteiger charge is 2.47. The Bertz CT molecular complexity index is 1120. The number of hydrogen-bond donors (Lipinski definition) is 0. The van der Waals surface area contributed by atoms with Gasteiger partial charge in [-0.1, -0.05) is 23.7 Å². The first-order chi connectivity index (χ1) is 15.4. The maximum atomic E-state index is 14.4. The molecule has 0 atom stereocenters. The number of halogens is 4. The van der Waals surface area contributed by atoms with Crippen LogP contribution in [0, 0.1) is 0 Å². The van der Waals surface area contributed by atoms with E-state index in [0.29, 0.717) is 0 Å². The summed E-state index contributed by atoms with van der Waals surface area (Å²) < 4.78 is 61.5. The number of carbonyl (C=O) groups is 4. The first-order valence-electron chi connectivity index (χ1n) is 8.84. The third-order valence-electron chi connectivity index (χ3n) is 4.47. The van der Waals surface area contributed by atoms with Crippen LogP contribution >= 0.6 is 11.6 Å². The van der Waals surface area contributed by atoms with Crippen LogP contribution in [0.2, 0.25) is 5.02 Å². The topological polar surface area (TPSA) is 105 Å². The molecule has 0 saturated carbocycles. The first-order valence-corrected chi connectivity index (χ1v) is 9.22. The van der Waals surface area contributed by atoms with Crippen LogP contribution < -0.4 is 0 Å². The lowest BCUT2D eigenvalue weighted by molar-refractivity contribution is -0.137. The molecule has 0 radical (unpaired) electrons. The summed E-state index contributed by atoms with van der Waals surface area (Å²) in [5.41, 5.74) is -7.33. The van der Waals surface area contributed by atoms with E-state index in [9.17, 15) is 32.3 Å². The molecular weight excluding hydrogens is 473 g/mol. The average molecular weight is 489 g/mol. The summed E-state index contributed by atoms with van der Waals surface area (Å²) in [5, 5.41) is 0.152. The molecule has 0 aliphatic heterocycles. The highest BCUT2D eigenvalue weighted by molar-refractivity contribution is 6.30. The minimum Gasteiger partial charge on any atom is -0.465 e. The summed E-state index contributed by atoms with van der Waals surface area (Å²) in [6.07, 6.45) is -5.32. The molecule has 0 saturated heterocycles. The van der Waals surface area contributed by atoms with Crippen molar-refractivity contribution in [1.82, 2.24) is 0 Å². The molecule has 0 spiro atoms. The molecule has 0 bridgehead atoms. The van der Waals surface area contributed by atoms with Crippen molar-refractivity contribution in [2.45, 2.75) is 6.18 Å². The fourth-order valence-corrected chi connectivity index (χ4v) is 3.29. The second-order valence-corrected chi connectivity index (χ2v) is 6.66. The van der Waals surface area contributed by atoms with Crippen LogP contribution in [-0.4, -0.2) is 52.3 Å². The van der Waals surface area contributed by atoms with Gasteiger partial charge in [0.1, 0.15) is 0 Å². The van der Waals surface area contributed by atoms with Gasteiger partial charge in [-0.25, -0.2) is 19.2 Å². The summed E-state index contributed by atoms with van der Waals surface area (Å²) in [6, 6.07) is 4.70. The molecule has 33 heavy (non-hydrogen) atoms. The number of rotatable bonds is 5. The van der Waals surface area contributed by atoms with Crippen molar-refractivity contribution in [3.63, 3.8) is 0 Å². The van der Waals surface area contributed by atoms with E-state index >= 15 is 0 Å². The summed E-state index contributed by atoms with van der Waals surface area (Å²) in [5.74, 6) is -5.94. The van der Waals surface area contributed by atoms with E-state index in [-0.39, 0.29) is 10.6 Å². The van der Waals surface area contributed by atoms with Gasteiger partial charge in [0, 0.05) is 10.6 Å². The summed E-state index contributed by atoms with van der Waals surface area (Å²) in [7, 11) is 3.30. The van der Waals surface area contributed by atoms with E-state index < -0.39 is 63.4 Å². The Hall–Kier alpha value is -3.60. The maximum absolute atomic E-state index is 14.4. The molecule has 176 valence electrons. The lowest BCUT2D eigenvalue weighted by Crippen LogP contribution is -2.28. The average Bonchev–Trinajstić information content (AvgIpc) is 2.79. The van der Waals surface area contributed by atoms with Gasteiger partial charge in [-0.05, 0) is 17.7 Å². The molecule has 0 N–H and O–H groups in total. The summed E-state index contributed by atoms with van der Waals surface area (Å²) in [6.45, 7) is 0. The number of hydrogen-bond acceptors (Lipinski definition) is 8. The highest BCUT2D eigenvalue weighted by Crippen LogP contribution is 2.45. The van der Waals surface area contributed by atoms with Crippen LogP contribution in [0.1, 0.15) is 47.0 Å². The van der Waals surface area contributed by atoms with Crippen LogP contribution in [0.3, 0.4) is 0 Å². The Morgan fingerprint density at radius 2 is 1.03 bits per heavy atom. The maximum Gasteiger partial charge on any atom is 0.417 e. The van der Waals surface area contributed by atoms with Gasteiger partial charge in [0.15, 0.2) is 0 Å². The van der Waals surface area contributed by atoms with Gasteiger partial charge < -0.3 is 18.9 Å². The second-order valence-electron chi connectivity index (χ2n) is 6.22. The Kier molecular flexibility index (Phi) is 7.70. The highest BCUT2D eigenvalue weighted by atomic mass is 35.5. The van der Waals surface area contributed by atoms with Crippen LogP contribution in [0.5, 0.6) is 0 Å². The molecule has 0 aliphatic rings. The summed E-state index contributed by atoms with van der Waals surface area (Å²) in [4.78, 5) is 50.5. The van der Waals surface area contributed by atoms with E-state index in [0.717, 1.165) is 40.6 Å². The molecule has 12 heteroatoms. The smallest absolute Gasteiger partial charge is 0.417 e. The Morgan fingerprint density at radius 1 is 0.667 bits per heavy atom. The van der Waals surface area contributed by atoms with Crippen molar-refractivity contribution in [2.24, 2.45) is 0 Å². The predicted molar refractivity (Wildman–Crippen MR) is 107 cm³/mol. The van der Waals surface area contributed by atoms with Crippen LogP contribution in [-0.2, 0) is 25.1 Å².